The number of aromatic nitrogens is 1. The van der Waals surface area contributed by atoms with E-state index in [1.807, 2.05) is 12.3 Å². The number of pyridine rings is 1. The lowest BCUT2D eigenvalue weighted by molar-refractivity contribution is 0.0916. The van der Waals surface area contributed by atoms with Crippen LogP contribution in [0.5, 0.6) is 0 Å². The van der Waals surface area contributed by atoms with E-state index in [0.29, 0.717) is 25.2 Å². The molecule has 0 spiro atoms. The molecular weight excluding hydrogens is 216 g/mol. The number of nitrogens with one attached hydrogen (secondary N) is 1. The van der Waals surface area contributed by atoms with Gasteiger partial charge in [-0.1, -0.05) is 19.9 Å². The summed E-state index contributed by atoms with van der Waals surface area (Å²) in [6, 6.07) is 4.33. The van der Waals surface area contributed by atoms with Crippen molar-refractivity contribution in [2.75, 3.05) is 26.4 Å². The Bertz CT molecular complexity index is 291. The zero-order chi connectivity index (χ0) is 12.5. The maximum atomic E-state index is 8.59. The molecule has 4 heteroatoms. The topological polar surface area (TPSA) is 54.4 Å². The van der Waals surface area contributed by atoms with Crippen LogP contribution in [0.15, 0.2) is 24.5 Å². The monoisotopic (exact) mass is 238 g/mol. The van der Waals surface area contributed by atoms with E-state index in [0.717, 1.165) is 6.54 Å². The summed E-state index contributed by atoms with van der Waals surface area (Å²) in [5.41, 5.74) is 1.20. The van der Waals surface area contributed by atoms with E-state index in [4.69, 9.17) is 9.84 Å². The van der Waals surface area contributed by atoms with Gasteiger partial charge in [-0.15, -0.1) is 0 Å². The van der Waals surface area contributed by atoms with Crippen molar-refractivity contribution in [3.8, 4) is 0 Å². The number of hydrogen-bond acceptors (Lipinski definition) is 4. The first-order valence-corrected chi connectivity index (χ1v) is 6.07. The molecule has 1 unspecified atom stereocenters. The standard InChI is InChI=1S/C13H22N2O2/c1-11(2)13(12-4-3-5-14-10-12)15-6-8-17-9-7-16/h3-5,10-11,13,15-16H,6-9H2,1-2H3. The van der Waals surface area contributed by atoms with Gasteiger partial charge < -0.3 is 15.2 Å². The van der Waals surface area contributed by atoms with E-state index in [2.05, 4.69) is 30.2 Å². The van der Waals surface area contributed by atoms with Gasteiger partial charge in [0.25, 0.3) is 0 Å². The number of nitrogens with zero attached hydrogens (tertiary/aromatic N) is 1. The molecule has 4 nitrogen and oxygen atoms in total. The minimum atomic E-state index is 0.0796. The smallest absolute Gasteiger partial charge is 0.0698 e. The largest absolute Gasteiger partial charge is 0.394 e. The Balaban J connectivity index is 2.40. The second-order valence-electron chi connectivity index (χ2n) is 4.30. The lowest BCUT2D eigenvalue weighted by atomic mass is 9.97. The third-order valence-electron chi connectivity index (χ3n) is 2.56. The van der Waals surface area contributed by atoms with Gasteiger partial charge >= 0.3 is 0 Å². The molecule has 0 bridgehead atoms. The van der Waals surface area contributed by atoms with E-state index in [9.17, 15) is 0 Å². The van der Waals surface area contributed by atoms with Crippen molar-refractivity contribution in [3.63, 3.8) is 0 Å². The van der Waals surface area contributed by atoms with Gasteiger partial charge in [-0.2, -0.15) is 0 Å². The van der Waals surface area contributed by atoms with Crippen LogP contribution >= 0.6 is 0 Å². The Morgan fingerprint density at radius 2 is 2.24 bits per heavy atom. The molecule has 0 aliphatic heterocycles. The first-order chi connectivity index (χ1) is 8.25. The van der Waals surface area contributed by atoms with Crippen molar-refractivity contribution >= 4 is 0 Å². The van der Waals surface area contributed by atoms with Crippen molar-refractivity contribution in [1.29, 1.82) is 0 Å². The number of ether oxygens (including phenoxy) is 1. The molecule has 0 aliphatic carbocycles. The van der Waals surface area contributed by atoms with Crippen molar-refractivity contribution < 1.29 is 9.84 Å². The van der Waals surface area contributed by atoms with Gasteiger partial charge in [0.1, 0.15) is 0 Å². The lowest BCUT2D eigenvalue weighted by Crippen LogP contribution is -2.29. The predicted molar refractivity (Wildman–Crippen MR) is 67.7 cm³/mol. The fraction of sp³-hybridized carbons (Fsp3) is 0.615. The summed E-state index contributed by atoms with van der Waals surface area (Å²) in [5.74, 6) is 0.497. The van der Waals surface area contributed by atoms with Crippen LogP contribution in [0, 0.1) is 5.92 Å². The molecule has 96 valence electrons. The molecule has 2 N–H and O–H groups in total. The normalized spacial score (nSPS) is 12.9. The van der Waals surface area contributed by atoms with Crippen LogP contribution in [-0.4, -0.2) is 36.5 Å². The van der Waals surface area contributed by atoms with Crippen molar-refractivity contribution in [2.45, 2.75) is 19.9 Å². The van der Waals surface area contributed by atoms with Gasteiger partial charge in [0, 0.05) is 25.0 Å². The zero-order valence-corrected chi connectivity index (χ0v) is 10.6. The summed E-state index contributed by atoms with van der Waals surface area (Å²) < 4.78 is 5.22. The number of aliphatic hydroxyl groups is 1. The molecule has 0 amide bonds. The number of rotatable bonds is 8. The average Bonchev–Trinajstić information content (AvgIpc) is 2.34. The van der Waals surface area contributed by atoms with Crippen LogP contribution in [0.4, 0.5) is 0 Å². The first-order valence-electron chi connectivity index (χ1n) is 6.07. The molecule has 1 rings (SSSR count). The molecule has 1 aromatic rings. The number of hydrogen-bond donors (Lipinski definition) is 2. The van der Waals surface area contributed by atoms with E-state index in [-0.39, 0.29) is 6.61 Å². The summed E-state index contributed by atoms with van der Waals surface area (Å²) in [6.07, 6.45) is 3.68. The fourth-order valence-electron chi connectivity index (χ4n) is 1.75. The average molecular weight is 238 g/mol. The second kappa shape index (κ2) is 8.17. The minimum absolute atomic E-state index is 0.0796. The third kappa shape index (κ3) is 5.26. The molecule has 0 fully saturated rings. The Hall–Kier alpha value is -0.970. The summed E-state index contributed by atoms with van der Waals surface area (Å²) in [6.45, 7) is 6.23. The molecule has 0 aromatic carbocycles. The highest BCUT2D eigenvalue weighted by molar-refractivity contribution is 5.14. The second-order valence-corrected chi connectivity index (χ2v) is 4.30. The molecule has 0 aliphatic rings. The molecule has 0 radical (unpaired) electrons. The molecule has 0 saturated heterocycles. The van der Waals surface area contributed by atoms with Gasteiger partial charge in [0.15, 0.2) is 0 Å². The maximum absolute atomic E-state index is 8.59. The Morgan fingerprint density at radius 1 is 1.41 bits per heavy atom. The van der Waals surface area contributed by atoms with E-state index < -0.39 is 0 Å². The van der Waals surface area contributed by atoms with Crippen molar-refractivity contribution in [1.82, 2.24) is 10.3 Å². The first kappa shape index (κ1) is 14.1. The molecule has 1 heterocycles. The summed E-state index contributed by atoms with van der Waals surface area (Å²) in [5, 5.41) is 12.0. The highest BCUT2D eigenvalue weighted by Gasteiger charge is 2.14. The molecule has 0 saturated carbocycles. The van der Waals surface area contributed by atoms with Crippen LogP contribution in [0.25, 0.3) is 0 Å². The van der Waals surface area contributed by atoms with Crippen LogP contribution in [0.2, 0.25) is 0 Å². The quantitative estimate of drug-likeness (QED) is 0.672. The SMILES string of the molecule is CC(C)C(NCCOCCO)c1cccnc1. The van der Waals surface area contributed by atoms with Gasteiger partial charge in [-0.05, 0) is 17.5 Å². The van der Waals surface area contributed by atoms with Crippen LogP contribution in [0.1, 0.15) is 25.5 Å². The van der Waals surface area contributed by atoms with Crippen molar-refractivity contribution in [2.24, 2.45) is 5.92 Å². The summed E-state index contributed by atoms with van der Waals surface area (Å²) in [7, 11) is 0. The highest BCUT2D eigenvalue weighted by Crippen LogP contribution is 2.19. The Labute approximate surface area is 103 Å². The van der Waals surface area contributed by atoms with Gasteiger partial charge in [-0.25, -0.2) is 0 Å². The van der Waals surface area contributed by atoms with E-state index in [1.165, 1.54) is 5.56 Å². The van der Waals surface area contributed by atoms with Crippen LogP contribution < -0.4 is 5.32 Å². The molecular formula is C13H22N2O2. The molecule has 17 heavy (non-hydrogen) atoms. The van der Waals surface area contributed by atoms with E-state index >= 15 is 0 Å². The van der Waals surface area contributed by atoms with Crippen molar-refractivity contribution in [3.05, 3.63) is 30.1 Å². The maximum Gasteiger partial charge on any atom is 0.0698 e. The lowest BCUT2D eigenvalue weighted by Gasteiger charge is -2.22. The van der Waals surface area contributed by atoms with Gasteiger partial charge in [0.05, 0.1) is 19.8 Å². The third-order valence-corrected chi connectivity index (χ3v) is 2.56. The number of aliphatic hydroxyl groups excluding tert-OH is 1. The van der Waals surface area contributed by atoms with Gasteiger partial charge in [-0.3, -0.25) is 4.98 Å². The fourth-order valence-corrected chi connectivity index (χ4v) is 1.75. The van der Waals surface area contributed by atoms with E-state index in [1.54, 1.807) is 6.20 Å². The van der Waals surface area contributed by atoms with Crippen LogP contribution in [-0.2, 0) is 4.74 Å². The van der Waals surface area contributed by atoms with Gasteiger partial charge in [0.2, 0.25) is 0 Å². The predicted octanol–water partition coefficient (Wildman–Crippen LogP) is 1.38. The highest BCUT2D eigenvalue weighted by atomic mass is 16.5. The minimum Gasteiger partial charge on any atom is -0.394 e. The summed E-state index contributed by atoms with van der Waals surface area (Å²) >= 11 is 0. The Morgan fingerprint density at radius 3 is 2.82 bits per heavy atom. The Kier molecular flexibility index (Phi) is 6.77. The van der Waals surface area contributed by atoms with Crippen LogP contribution in [0.3, 0.4) is 0 Å². The zero-order valence-electron chi connectivity index (χ0n) is 10.6. The summed E-state index contributed by atoms with van der Waals surface area (Å²) in [4.78, 5) is 4.14. The molecule has 1 atom stereocenters. The molecule has 1 aromatic heterocycles.